The van der Waals surface area contributed by atoms with Crippen molar-refractivity contribution in [1.29, 1.82) is 0 Å². The Morgan fingerprint density at radius 3 is 2.59 bits per heavy atom. The fourth-order valence-corrected chi connectivity index (χ4v) is 4.47. The summed E-state index contributed by atoms with van der Waals surface area (Å²) < 4.78 is 13.7. The Morgan fingerprint density at radius 2 is 1.84 bits per heavy atom. The molecule has 0 unspecified atom stereocenters. The zero-order chi connectivity index (χ0) is 25.8. The molecule has 9 heteroatoms. The van der Waals surface area contributed by atoms with Crippen LogP contribution in [0.1, 0.15) is 29.7 Å². The lowest BCUT2D eigenvalue weighted by Gasteiger charge is -2.30. The molecule has 1 aliphatic rings. The molecule has 0 fully saturated rings. The van der Waals surface area contributed by atoms with Crippen molar-refractivity contribution in [1.82, 2.24) is 20.1 Å². The van der Waals surface area contributed by atoms with Gasteiger partial charge in [0.2, 0.25) is 5.95 Å². The maximum atomic E-state index is 13.6. The van der Waals surface area contributed by atoms with Gasteiger partial charge in [0.15, 0.2) is 11.5 Å². The molecule has 2 N–H and O–H groups in total. The number of anilines is 1. The number of amides is 1. The highest BCUT2D eigenvalue weighted by Crippen LogP contribution is 2.43. The number of ether oxygens (including phenoxy) is 2. The first-order valence-electron chi connectivity index (χ1n) is 11.8. The Morgan fingerprint density at radius 1 is 1.05 bits per heavy atom. The molecule has 1 amide bonds. The predicted molar refractivity (Wildman–Crippen MR) is 142 cm³/mol. The van der Waals surface area contributed by atoms with Gasteiger partial charge in [0, 0.05) is 22.8 Å². The van der Waals surface area contributed by atoms with Gasteiger partial charge in [0.25, 0.3) is 5.91 Å². The van der Waals surface area contributed by atoms with Crippen molar-refractivity contribution >= 4 is 23.5 Å². The Hall–Kier alpha value is -4.30. The van der Waals surface area contributed by atoms with E-state index in [0.717, 1.165) is 16.7 Å². The summed E-state index contributed by atoms with van der Waals surface area (Å²) in [5, 5.41) is 11.4. The van der Waals surface area contributed by atoms with Gasteiger partial charge in [-0.2, -0.15) is 10.1 Å². The van der Waals surface area contributed by atoms with Crippen LogP contribution in [0.5, 0.6) is 11.5 Å². The minimum Gasteiger partial charge on any atom is -0.493 e. The van der Waals surface area contributed by atoms with Crippen molar-refractivity contribution in [2.24, 2.45) is 0 Å². The van der Waals surface area contributed by atoms with E-state index < -0.39 is 6.04 Å². The zero-order valence-corrected chi connectivity index (χ0v) is 21.2. The summed E-state index contributed by atoms with van der Waals surface area (Å²) in [5.41, 5.74) is 3.87. The van der Waals surface area contributed by atoms with Gasteiger partial charge in [-0.3, -0.25) is 4.79 Å². The van der Waals surface area contributed by atoms with Crippen molar-refractivity contribution in [2.75, 3.05) is 12.4 Å². The molecule has 8 nitrogen and oxygen atoms in total. The van der Waals surface area contributed by atoms with Gasteiger partial charge in [-0.15, -0.1) is 0 Å². The maximum absolute atomic E-state index is 13.6. The van der Waals surface area contributed by atoms with Crippen molar-refractivity contribution in [3.05, 3.63) is 112 Å². The summed E-state index contributed by atoms with van der Waals surface area (Å²) in [7, 11) is 1.59. The highest BCUT2D eigenvalue weighted by molar-refractivity contribution is 6.30. The van der Waals surface area contributed by atoms with Crippen molar-refractivity contribution < 1.29 is 14.3 Å². The zero-order valence-electron chi connectivity index (χ0n) is 20.4. The first kappa shape index (κ1) is 24.4. The quantitative estimate of drug-likeness (QED) is 0.338. The van der Waals surface area contributed by atoms with Gasteiger partial charge in [0.05, 0.1) is 12.7 Å². The Kier molecular flexibility index (Phi) is 7.09. The number of nitrogens with one attached hydrogen (secondary N) is 2. The molecule has 0 saturated heterocycles. The van der Waals surface area contributed by atoms with Crippen LogP contribution in [-0.2, 0) is 17.9 Å². The first-order valence-corrected chi connectivity index (χ1v) is 12.2. The number of para-hydroxylation sites is 1. The average molecular weight is 516 g/mol. The van der Waals surface area contributed by atoms with E-state index in [2.05, 4.69) is 20.7 Å². The van der Waals surface area contributed by atoms with Crippen LogP contribution in [0, 0.1) is 0 Å². The van der Waals surface area contributed by atoms with Gasteiger partial charge in [-0.1, -0.05) is 66.2 Å². The van der Waals surface area contributed by atoms with Crippen molar-refractivity contribution in [2.45, 2.75) is 26.1 Å². The molecule has 0 bridgehead atoms. The molecule has 37 heavy (non-hydrogen) atoms. The number of aromatic nitrogens is 3. The van der Waals surface area contributed by atoms with E-state index in [1.165, 1.54) is 6.33 Å². The Balaban J connectivity index is 1.52. The molecule has 3 aromatic carbocycles. The second kappa shape index (κ2) is 10.8. The molecule has 0 aliphatic carbocycles. The van der Waals surface area contributed by atoms with E-state index in [1.807, 2.05) is 79.7 Å². The molecule has 5 rings (SSSR count). The molecule has 1 aliphatic heterocycles. The summed E-state index contributed by atoms with van der Waals surface area (Å²) in [6.45, 7) is 2.54. The molecule has 1 atom stereocenters. The second-order valence-electron chi connectivity index (χ2n) is 8.56. The van der Waals surface area contributed by atoms with Crippen LogP contribution in [0.2, 0.25) is 5.02 Å². The number of hydrogen-bond donors (Lipinski definition) is 2. The van der Waals surface area contributed by atoms with Crippen LogP contribution in [0.15, 0.2) is 90.4 Å². The van der Waals surface area contributed by atoms with Gasteiger partial charge in [0.1, 0.15) is 19.0 Å². The number of benzene rings is 3. The minimum atomic E-state index is -0.593. The molecular formula is C28H26ClN5O3. The molecule has 2 heterocycles. The highest BCUT2D eigenvalue weighted by atomic mass is 35.5. The minimum absolute atomic E-state index is 0.216. The van der Waals surface area contributed by atoms with Crippen LogP contribution in [-0.4, -0.2) is 27.8 Å². The van der Waals surface area contributed by atoms with Crippen LogP contribution in [0.25, 0.3) is 0 Å². The van der Waals surface area contributed by atoms with Crippen LogP contribution < -0.4 is 20.1 Å². The topological polar surface area (TPSA) is 90.3 Å². The lowest BCUT2D eigenvalue weighted by Crippen LogP contribution is -2.35. The molecule has 1 aromatic heterocycles. The number of methoxy groups -OCH3 is 1. The normalized spacial score (nSPS) is 14.5. The van der Waals surface area contributed by atoms with E-state index in [9.17, 15) is 4.79 Å². The SMILES string of the molecule is COc1cccc([C@H]2C(C(=O)NCc3ccccc3)=C(C)Nc3ncnn32)c1OCc1ccc(Cl)cc1. The number of nitrogens with zero attached hydrogens (tertiary/aromatic N) is 3. The molecule has 0 spiro atoms. The van der Waals surface area contributed by atoms with E-state index in [-0.39, 0.29) is 12.5 Å². The van der Waals surface area contributed by atoms with Gasteiger partial charge in [-0.05, 0) is 36.2 Å². The maximum Gasteiger partial charge on any atom is 0.251 e. The molecule has 0 saturated carbocycles. The first-order chi connectivity index (χ1) is 18.0. The number of allylic oxidation sites excluding steroid dienone is 1. The Labute approximate surface area is 219 Å². The third-order valence-corrected chi connectivity index (χ3v) is 6.41. The van der Waals surface area contributed by atoms with E-state index >= 15 is 0 Å². The molecule has 188 valence electrons. The lowest BCUT2D eigenvalue weighted by molar-refractivity contribution is -0.118. The summed E-state index contributed by atoms with van der Waals surface area (Å²) in [6.07, 6.45) is 1.46. The summed E-state index contributed by atoms with van der Waals surface area (Å²) in [5.74, 6) is 1.39. The Bertz CT molecular complexity index is 1430. The van der Waals surface area contributed by atoms with Crippen LogP contribution in [0.3, 0.4) is 0 Å². The number of carbonyl (C=O) groups is 1. The van der Waals surface area contributed by atoms with Gasteiger partial charge in [-0.25, -0.2) is 4.68 Å². The number of rotatable bonds is 8. The smallest absolute Gasteiger partial charge is 0.251 e. The van der Waals surface area contributed by atoms with E-state index in [0.29, 0.717) is 40.3 Å². The van der Waals surface area contributed by atoms with Crippen LogP contribution in [0.4, 0.5) is 5.95 Å². The number of fused-ring (bicyclic) bond motifs is 1. The summed E-state index contributed by atoms with van der Waals surface area (Å²) in [6, 6.07) is 22.2. The fraction of sp³-hybridized carbons (Fsp3) is 0.179. The van der Waals surface area contributed by atoms with Crippen molar-refractivity contribution in [3.8, 4) is 11.5 Å². The van der Waals surface area contributed by atoms with Crippen LogP contribution >= 0.6 is 11.6 Å². The third kappa shape index (κ3) is 5.15. The molecular weight excluding hydrogens is 490 g/mol. The molecule has 4 aromatic rings. The van der Waals surface area contributed by atoms with E-state index in [1.54, 1.807) is 11.8 Å². The fourth-order valence-electron chi connectivity index (χ4n) is 4.35. The largest absolute Gasteiger partial charge is 0.493 e. The summed E-state index contributed by atoms with van der Waals surface area (Å²) >= 11 is 6.04. The second-order valence-corrected chi connectivity index (χ2v) is 8.99. The van der Waals surface area contributed by atoms with Crippen molar-refractivity contribution in [3.63, 3.8) is 0 Å². The number of carbonyl (C=O) groups excluding carboxylic acids is 1. The standard InChI is InChI=1S/C28H26ClN5O3/c1-18-24(27(35)30-15-19-7-4-3-5-8-19)25(34-28(33-18)31-17-32-34)22-9-6-10-23(36-2)26(22)37-16-20-11-13-21(29)14-12-20/h3-14,17,25H,15-16H2,1-2H3,(H,30,35)(H,31,32,33)/t25-/m0/s1. The monoisotopic (exact) mass is 515 g/mol. The molecule has 0 radical (unpaired) electrons. The number of hydrogen-bond acceptors (Lipinski definition) is 6. The van der Waals surface area contributed by atoms with Gasteiger partial charge >= 0.3 is 0 Å². The third-order valence-electron chi connectivity index (χ3n) is 6.16. The predicted octanol–water partition coefficient (Wildman–Crippen LogP) is 5.12. The van der Waals surface area contributed by atoms with E-state index in [4.69, 9.17) is 21.1 Å². The highest BCUT2D eigenvalue weighted by Gasteiger charge is 2.36. The number of halogens is 1. The van der Waals surface area contributed by atoms with Gasteiger partial charge < -0.3 is 20.1 Å². The average Bonchev–Trinajstić information content (AvgIpc) is 3.39. The summed E-state index contributed by atoms with van der Waals surface area (Å²) in [4.78, 5) is 18.0. The lowest BCUT2D eigenvalue weighted by atomic mass is 9.94.